The lowest BCUT2D eigenvalue weighted by Crippen LogP contribution is -2.38. The minimum atomic E-state index is 0.0922. The van der Waals surface area contributed by atoms with E-state index < -0.39 is 0 Å². The maximum Gasteiger partial charge on any atom is 0.159 e. The number of likely N-dealkylation sites (tertiary alicyclic amines) is 1. The molecule has 0 spiro atoms. The lowest BCUT2D eigenvalue weighted by Gasteiger charge is -2.36. The van der Waals surface area contributed by atoms with Gasteiger partial charge in [-0.15, -0.1) is 0 Å². The summed E-state index contributed by atoms with van der Waals surface area (Å²) in [5.41, 5.74) is 1.25. The van der Waals surface area contributed by atoms with E-state index >= 15 is 0 Å². The molecule has 0 atom stereocenters. The van der Waals surface area contributed by atoms with E-state index in [1.165, 1.54) is 25.9 Å². The number of rotatable bonds is 6. The number of ether oxygens (including phenoxy) is 1. The molecule has 0 amide bonds. The SMILES string of the molecule is CC(=O)c1ccc(OCCCN2CCC(C)(C)CC2)cc1. The number of hydrogen-bond donors (Lipinski definition) is 0. The van der Waals surface area contributed by atoms with Crippen LogP contribution < -0.4 is 4.74 Å². The quantitative estimate of drug-likeness (QED) is 0.589. The molecule has 1 aromatic carbocycles. The van der Waals surface area contributed by atoms with Gasteiger partial charge in [0.2, 0.25) is 0 Å². The van der Waals surface area contributed by atoms with Gasteiger partial charge in [-0.2, -0.15) is 0 Å². The summed E-state index contributed by atoms with van der Waals surface area (Å²) in [6.07, 6.45) is 3.63. The predicted octanol–water partition coefficient (Wildman–Crippen LogP) is 3.78. The third kappa shape index (κ3) is 5.16. The summed E-state index contributed by atoms with van der Waals surface area (Å²) < 4.78 is 5.73. The van der Waals surface area contributed by atoms with E-state index in [-0.39, 0.29) is 5.78 Å². The number of hydrogen-bond acceptors (Lipinski definition) is 3. The first-order valence-corrected chi connectivity index (χ1v) is 7.92. The smallest absolute Gasteiger partial charge is 0.159 e. The maximum atomic E-state index is 11.2. The molecule has 3 heteroatoms. The first-order valence-electron chi connectivity index (χ1n) is 7.92. The van der Waals surface area contributed by atoms with Crippen molar-refractivity contribution in [2.75, 3.05) is 26.2 Å². The minimum absolute atomic E-state index is 0.0922. The Morgan fingerprint density at radius 3 is 2.38 bits per heavy atom. The van der Waals surface area contributed by atoms with Crippen molar-refractivity contribution in [1.82, 2.24) is 4.90 Å². The molecule has 1 aliphatic rings. The van der Waals surface area contributed by atoms with Gasteiger partial charge in [0.05, 0.1) is 6.61 Å². The lowest BCUT2D eigenvalue weighted by molar-refractivity contribution is 0.101. The van der Waals surface area contributed by atoms with Crippen molar-refractivity contribution in [1.29, 1.82) is 0 Å². The van der Waals surface area contributed by atoms with Crippen molar-refractivity contribution in [3.8, 4) is 5.75 Å². The van der Waals surface area contributed by atoms with E-state index in [9.17, 15) is 4.79 Å². The number of carbonyl (C=O) groups is 1. The van der Waals surface area contributed by atoms with E-state index in [4.69, 9.17) is 4.74 Å². The number of benzene rings is 1. The van der Waals surface area contributed by atoms with Crippen molar-refractivity contribution < 1.29 is 9.53 Å². The number of ketones is 1. The van der Waals surface area contributed by atoms with Crippen molar-refractivity contribution in [2.45, 2.75) is 40.0 Å². The Morgan fingerprint density at radius 2 is 1.81 bits per heavy atom. The van der Waals surface area contributed by atoms with Gasteiger partial charge in [-0.25, -0.2) is 0 Å². The van der Waals surface area contributed by atoms with Gasteiger partial charge >= 0.3 is 0 Å². The molecule has 21 heavy (non-hydrogen) atoms. The molecule has 1 aromatic rings. The second-order valence-electron chi connectivity index (χ2n) is 6.79. The molecule has 0 aliphatic carbocycles. The molecular weight excluding hydrogens is 262 g/mol. The van der Waals surface area contributed by atoms with Crippen LogP contribution in [0.5, 0.6) is 5.75 Å². The second-order valence-corrected chi connectivity index (χ2v) is 6.79. The molecule has 0 radical (unpaired) electrons. The van der Waals surface area contributed by atoms with E-state index in [1.807, 2.05) is 24.3 Å². The monoisotopic (exact) mass is 289 g/mol. The van der Waals surface area contributed by atoms with Gasteiger partial charge < -0.3 is 9.64 Å². The average molecular weight is 289 g/mol. The topological polar surface area (TPSA) is 29.5 Å². The highest BCUT2D eigenvalue weighted by Crippen LogP contribution is 2.29. The number of nitrogens with zero attached hydrogens (tertiary/aromatic N) is 1. The molecule has 0 bridgehead atoms. The van der Waals surface area contributed by atoms with E-state index in [0.717, 1.165) is 30.9 Å². The zero-order chi connectivity index (χ0) is 15.3. The van der Waals surface area contributed by atoms with E-state index in [2.05, 4.69) is 18.7 Å². The predicted molar refractivity (Wildman–Crippen MR) is 86.0 cm³/mol. The molecule has 1 saturated heterocycles. The molecule has 0 saturated carbocycles. The fourth-order valence-electron chi connectivity index (χ4n) is 2.65. The van der Waals surface area contributed by atoms with Crippen LogP contribution in [-0.4, -0.2) is 36.9 Å². The van der Waals surface area contributed by atoms with Gasteiger partial charge in [0.25, 0.3) is 0 Å². The van der Waals surface area contributed by atoms with Crippen LogP contribution in [0.25, 0.3) is 0 Å². The van der Waals surface area contributed by atoms with Crippen LogP contribution in [0.2, 0.25) is 0 Å². The van der Waals surface area contributed by atoms with Crippen LogP contribution in [0.3, 0.4) is 0 Å². The van der Waals surface area contributed by atoms with Crippen LogP contribution in [0.1, 0.15) is 50.4 Å². The zero-order valence-electron chi connectivity index (χ0n) is 13.5. The Kier molecular flexibility index (Phi) is 5.40. The summed E-state index contributed by atoms with van der Waals surface area (Å²) in [4.78, 5) is 13.7. The molecule has 1 heterocycles. The number of carbonyl (C=O) groups excluding carboxylic acids is 1. The van der Waals surface area contributed by atoms with Gasteiger partial charge in [-0.3, -0.25) is 4.79 Å². The molecule has 0 N–H and O–H groups in total. The Balaban J connectivity index is 1.65. The van der Waals surface area contributed by atoms with Gasteiger partial charge in [0, 0.05) is 12.1 Å². The lowest BCUT2D eigenvalue weighted by atomic mass is 9.83. The van der Waals surface area contributed by atoms with E-state index in [1.54, 1.807) is 6.92 Å². The summed E-state index contributed by atoms with van der Waals surface area (Å²) in [7, 11) is 0. The summed E-state index contributed by atoms with van der Waals surface area (Å²) in [5.74, 6) is 0.939. The van der Waals surface area contributed by atoms with Gasteiger partial charge in [-0.1, -0.05) is 13.8 Å². The van der Waals surface area contributed by atoms with Crippen molar-refractivity contribution >= 4 is 5.78 Å². The van der Waals surface area contributed by atoms with Crippen molar-refractivity contribution in [2.24, 2.45) is 5.41 Å². The summed E-state index contributed by atoms with van der Waals surface area (Å²) in [6.45, 7) is 10.6. The molecule has 1 fully saturated rings. The molecule has 1 aliphatic heterocycles. The van der Waals surface area contributed by atoms with Crippen molar-refractivity contribution in [3.05, 3.63) is 29.8 Å². The van der Waals surface area contributed by atoms with Crippen LogP contribution >= 0.6 is 0 Å². The summed E-state index contributed by atoms with van der Waals surface area (Å²) in [5, 5.41) is 0. The van der Waals surface area contributed by atoms with Gasteiger partial charge in [-0.05, 0) is 69.0 Å². The summed E-state index contributed by atoms with van der Waals surface area (Å²) in [6, 6.07) is 7.40. The van der Waals surface area contributed by atoms with Crippen LogP contribution in [0, 0.1) is 5.41 Å². The zero-order valence-corrected chi connectivity index (χ0v) is 13.5. The second kappa shape index (κ2) is 7.08. The Labute approximate surface area is 128 Å². The van der Waals surface area contributed by atoms with Crippen molar-refractivity contribution in [3.63, 3.8) is 0 Å². The standard InChI is InChI=1S/C18H27NO2/c1-15(20)16-5-7-17(8-6-16)21-14-4-11-19-12-9-18(2,3)10-13-19/h5-8H,4,9-14H2,1-3H3. The molecular formula is C18H27NO2. The maximum absolute atomic E-state index is 11.2. The highest BCUT2D eigenvalue weighted by molar-refractivity contribution is 5.94. The molecule has 2 rings (SSSR count). The van der Waals surface area contributed by atoms with E-state index in [0.29, 0.717) is 5.41 Å². The molecule has 0 aromatic heterocycles. The molecule has 0 unspecified atom stereocenters. The Morgan fingerprint density at radius 1 is 1.19 bits per heavy atom. The third-order valence-electron chi connectivity index (χ3n) is 4.36. The van der Waals surface area contributed by atoms with Crippen LogP contribution in [0.15, 0.2) is 24.3 Å². The normalized spacial score (nSPS) is 18.4. The largest absolute Gasteiger partial charge is 0.494 e. The van der Waals surface area contributed by atoms with Gasteiger partial charge in [0.15, 0.2) is 5.78 Å². The Hall–Kier alpha value is -1.35. The molecule has 3 nitrogen and oxygen atoms in total. The average Bonchev–Trinajstić information content (AvgIpc) is 2.45. The fourth-order valence-corrected chi connectivity index (χ4v) is 2.65. The van der Waals surface area contributed by atoms with Crippen LogP contribution in [0.4, 0.5) is 0 Å². The first-order chi connectivity index (χ1) is 9.96. The van der Waals surface area contributed by atoms with Crippen LogP contribution in [-0.2, 0) is 0 Å². The minimum Gasteiger partial charge on any atom is -0.494 e. The summed E-state index contributed by atoms with van der Waals surface area (Å²) >= 11 is 0. The fraction of sp³-hybridized carbons (Fsp3) is 0.611. The third-order valence-corrected chi connectivity index (χ3v) is 4.36. The Bertz CT molecular complexity index is 455. The number of piperidine rings is 1. The molecule has 116 valence electrons. The number of Topliss-reactive ketones (excluding diaryl/α,β-unsaturated/α-hetero) is 1. The van der Waals surface area contributed by atoms with Gasteiger partial charge in [0.1, 0.15) is 5.75 Å². The first kappa shape index (κ1) is 16.0. The highest BCUT2D eigenvalue weighted by Gasteiger charge is 2.24. The highest BCUT2D eigenvalue weighted by atomic mass is 16.5.